The fourth-order valence-corrected chi connectivity index (χ4v) is 2.44. The van der Waals surface area contributed by atoms with Crippen molar-refractivity contribution < 1.29 is 9.18 Å². The number of carbonyl (C=O) groups is 1. The zero-order chi connectivity index (χ0) is 11.8. The van der Waals surface area contributed by atoms with Crippen LogP contribution in [0.4, 0.5) is 4.39 Å². The summed E-state index contributed by atoms with van der Waals surface area (Å²) in [5.41, 5.74) is 0.443. The summed E-state index contributed by atoms with van der Waals surface area (Å²) in [6.45, 7) is 4.00. The molecule has 1 aliphatic heterocycles. The van der Waals surface area contributed by atoms with E-state index in [0.717, 1.165) is 12.0 Å². The van der Waals surface area contributed by atoms with Gasteiger partial charge in [0.2, 0.25) is 5.91 Å². The van der Waals surface area contributed by atoms with Crippen molar-refractivity contribution in [2.24, 2.45) is 0 Å². The Morgan fingerprint density at radius 1 is 1.62 bits per heavy atom. The highest BCUT2D eigenvalue weighted by molar-refractivity contribution is 5.81. The van der Waals surface area contributed by atoms with Crippen LogP contribution in [-0.4, -0.2) is 16.9 Å². The first-order valence-corrected chi connectivity index (χ1v) is 5.46. The standard InChI is InChI=1S/C12H15FN2O/c1-3-10-12(2,5-11(16)15-10)8-4-9(13)7-14-6-8/h4,6-7,10H,3,5H2,1-2H3,(H,15,16). The molecule has 1 N–H and O–H groups in total. The normalized spacial score (nSPS) is 29.2. The van der Waals surface area contributed by atoms with Gasteiger partial charge >= 0.3 is 0 Å². The molecule has 1 fully saturated rings. The summed E-state index contributed by atoms with van der Waals surface area (Å²) < 4.78 is 13.2. The van der Waals surface area contributed by atoms with Crippen molar-refractivity contribution in [2.45, 2.75) is 38.1 Å². The number of halogens is 1. The van der Waals surface area contributed by atoms with Crippen molar-refractivity contribution in [1.29, 1.82) is 0 Å². The Morgan fingerprint density at radius 2 is 2.38 bits per heavy atom. The lowest BCUT2D eigenvalue weighted by Crippen LogP contribution is -2.37. The van der Waals surface area contributed by atoms with E-state index in [0.29, 0.717) is 6.42 Å². The van der Waals surface area contributed by atoms with Crippen molar-refractivity contribution in [3.05, 3.63) is 29.8 Å². The third-order valence-electron chi connectivity index (χ3n) is 3.40. The predicted molar refractivity (Wildman–Crippen MR) is 58.4 cm³/mol. The summed E-state index contributed by atoms with van der Waals surface area (Å²) in [4.78, 5) is 15.3. The number of nitrogens with zero attached hydrogens (tertiary/aromatic N) is 1. The van der Waals surface area contributed by atoms with E-state index < -0.39 is 0 Å². The maximum atomic E-state index is 13.2. The summed E-state index contributed by atoms with van der Waals surface area (Å²) in [5, 5.41) is 2.92. The van der Waals surface area contributed by atoms with E-state index in [1.54, 1.807) is 6.20 Å². The van der Waals surface area contributed by atoms with Gasteiger partial charge in [0.15, 0.2) is 0 Å². The van der Waals surface area contributed by atoms with Gasteiger partial charge in [0.05, 0.1) is 6.20 Å². The van der Waals surface area contributed by atoms with Crippen LogP contribution in [0, 0.1) is 5.82 Å². The van der Waals surface area contributed by atoms with Gasteiger partial charge in [-0.05, 0) is 18.1 Å². The minimum atomic E-state index is -0.354. The quantitative estimate of drug-likeness (QED) is 0.828. The van der Waals surface area contributed by atoms with Crippen LogP contribution < -0.4 is 5.32 Å². The molecule has 16 heavy (non-hydrogen) atoms. The summed E-state index contributed by atoms with van der Waals surface area (Å²) in [7, 11) is 0. The molecule has 0 bridgehead atoms. The lowest BCUT2D eigenvalue weighted by Gasteiger charge is -2.29. The van der Waals surface area contributed by atoms with Crippen LogP contribution in [0.25, 0.3) is 0 Å². The molecule has 3 nitrogen and oxygen atoms in total. The van der Waals surface area contributed by atoms with Gasteiger partial charge in [0, 0.05) is 24.1 Å². The molecule has 2 heterocycles. The number of aromatic nitrogens is 1. The van der Waals surface area contributed by atoms with Crippen molar-refractivity contribution >= 4 is 5.91 Å². The molecule has 2 rings (SSSR count). The Labute approximate surface area is 94.1 Å². The van der Waals surface area contributed by atoms with Crippen LogP contribution in [0.2, 0.25) is 0 Å². The van der Waals surface area contributed by atoms with Gasteiger partial charge in [-0.1, -0.05) is 13.8 Å². The minimum Gasteiger partial charge on any atom is -0.352 e. The molecule has 1 amide bonds. The molecular weight excluding hydrogens is 207 g/mol. The molecule has 1 aliphatic rings. The molecule has 0 saturated carbocycles. The van der Waals surface area contributed by atoms with Gasteiger partial charge in [-0.25, -0.2) is 4.39 Å². The van der Waals surface area contributed by atoms with E-state index in [1.165, 1.54) is 12.3 Å². The highest BCUT2D eigenvalue weighted by atomic mass is 19.1. The first-order chi connectivity index (χ1) is 7.56. The maximum absolute atomic E-state index is 13.2. The average molecular weight is 222 g/mol. The zero-order valence-electron chi connectivity index (χ0n) is 9.46. The number of rotatable bonds is 2. The van der Waals surface area contributed by atoms with Gasteiger partial charge in [0.1, 0.15) is 5.82 Å². The fraction of sp³-hybridized carbons (Fsp3) is 0.500. The molecule has 1 aromatic heterocycles. The monoisotopic (exact) mass is 222 g/mol. The van der Waals surface area contributed by atoms with E-state index in [1.807, 2.05) is 13.8 Å². The van der Waals surface area contributed by atoms with Crippen molar-refractivity contribution in [2.75, 3.05) is 0 Å². The van der Waals surface area contributed by atoms with E-state index in [-0.39, 0.29) is 23.2 Å². The largest absolute Gasteiger partial charge is 0.352 e. The lowest BCUT2D eigenvalue weighted by molar-refractivity contribution is -0.119. The molecule has 0 spiro atoms. The molecular formula is C12H15FN2O. The zero-order valence-corrected chi connectivity index (χ0v) is 9.46. The Morgan fingerprint density at radius 3 is 3.00 bits per heavy atom. The van der Waals surface area contributed by atoms with Crippen LogP contribution in [0.5, 0.6) is 0 Å². The predicted octanol–water partition coefficient (Wildman–Crippen LogP) is 1.78. The topological polar surface area (TPSA) is 42.0 Å². The number of carbonyl (C=O) groups excluding carboxylic acids is 1. The molecule has 2 unspecified atom stereocenters. The lowest BCUT2D eigenvalue weighted by atomic mass is 9.76. The molecule has 0 aromatic carbocycles. The second-order valence-corrected chi connectivity index (χ2v) is 4.51. The Balaban J connectivity index is 2.41. The van der Waals surface area contributed by atoms with Crippen LogP contribution >= 0.6 is 0 Å². The van der Waals surface area contributed by atoms with Gasteiger partial charge in [-0.3, -0.25) is 9.78 Å². The van der Waals surface area contributed by atoms with Crippen molar-refractivity contribution in [3.8, 4) is 0 Å². The van der Waals surface area contributed by atoms with Crippen molar-refractivity contribution in [3.63, 3.8) is 0 Å². The van der Waals surface area contributed by atoms with Crippen LogP contribution in [0.3, 0.4) is 0 Å². The number of pyridine rings is 1. The minimum absolute atomic E-state index is 0.0265. The Bertz CT molecular complexity index is 421. The van der Waals surface area contributed by atoms with E-state index in [4.69, 9.17) is 0 Å². The average Bonchev–Trinajstić information content (AvgIpc) is 2.55. The van der Waals surface area contributed by atoms with Crippen molar-refractivity contribution in [1.82, 2.24) is 10.3 Å². The first kappa shape index (κ1) is 11.0. The highest BCUT2D eigenvalue weighted by Gasteiger charge is 2.43. The highest BCUT2D eigenvalue weighted by Crippen LogP contribution is 2.36. The summed E-state index contributed by atoms with van der Waals surface area (Å²) in [6.07, 6.45) is 4.05. The van der Waals surface area contributed by atoms with Gasteiger partial charge in [-0.15, -0.1) is 0 Å². The number of hydrogen-bond donors (Lipinski definition) is 1. The Kier molecular flexibility index (Phi) is 2.66. The SMILES string of the molecule is CCC1NC(=O)CC1(C)c1cncc(F)c1. The second-order valence-electron chi connectivity index (χ2n) is 4.51. The molecule has 1 saturated heterocycles. The summed E-state index contributed by atoms with van der Waals surface area (Å²) >= 11 is 0. The number of amides is 1. The van der Waals surface area contributed by atoms with Crippen LogP contribution in [0.15, 0.2) is 18.5 Å². The van der Waals surface area contributed by atoms with E-state index in [9.17, 15) is 9.18 Å². The maximum Gasteiger partial charge on any atom is 0.221 e. The smallest absolute Gasteiger partial charge is 0.221 e. The fourth-order valence-electron chi connectivity index (χ4n) is 2.44. The third kappa shape index (κ3) is 1.68. The summed E-state index contributed by atoms with van der Waals surface area (Å²) in [6, 6.07) is 1.53. The first-order valence-electron chi connectivity index (χ1n) is 5.46. The molecule has 2 atom stereocenters. The van der Waals surface area contributed by atoms with Crippen LogP contribution in [0.1, 0.15) is 32.3 Å². The van der Waals surface area contributed by atoms with Gasteiger partial charge in [0.25, 0.3) is 0 Å². The molecule has 0 aliphatic carbocycles. The number of nitrogens with one attached hydrogen (secondary N) is 1. The van der Waals surface area contributed by atoms with E-state index in [2.05, 4.69) is 10.3 Å². The third-order valence-corrected chi connectivity index (χ3v) is 3.40. The van der Waals surface area contributed by atoms with Gasteiger partial charge in [-0.2, -0.15) is 0 Å². The summed E-state index contributed by atoms with van der Waals surface area (Å²) in [5.74, 6) is -0.327. The second kappa shape index (κ2) is 3.85. The van der Waals surface area contributed by atoms with Gasteiger partial charge < -0.3 is 5.32 Å². The molecule has 4 heteroatoms. The van der Waals surface area contributed by atoms with Crippen LogP contribution in [-0.2, 0) is 10.2 Å². The molecule has 1 aromatic rings. The Hall–Kier alpha value is -1.45. The number of hydrogen-bond acceptors (Lipinski definition) is 2. The van der Waals surface area contributed by atoms with E-state index >= 15 is 0 Å². The molecule has 0 radical (unpaired) electrons. The molecule has 86 valence electrons.